The summed E-state index contributed by atoms with van der Waals surface area (Å²) in [5.41, 5.74) is 7.62. The van der Waals surface area contributed by atoms with Crippen LogP contribution in [0.4, 0.5) is 0 Å². The van der Waals surface area contributed by atoms with Gasteiger partial charge in [0.1, 0.15) is 5.56 Å². The zero-order valence-electron chi connectivity index (χ0n) is 16.1. The molecule has 0 fully saturated rings. The number of hydrogen-bond acceptors (Lipinski definition) is 4. The average molecular weight is 407 g/mol. The van der Waals surface area contributed by atoms with Crippen LogP contribution in [0.2, 0.25) is 0 Å². The number of benzene rings is 1. The minimum atomic E-state index is -0.720. The van der Waals surface area contributed by atoms with Crippen molar-refractivity contribution in [2.45, 2.75) is 26.4 Å². The number of hydrogen-bond donors (Lipinski definition) is 1. The topological polar surface area (TPSA) is 85.4 Å². The van der Waals surface area contributed by atoms with Crippen LogP contribution in [0.15, 0.2) is 53.5 Å². The average Bonchev–Trinajstić information content (AvgIpc) is 3.14. The minimum absolute atomic E-state index is 0.0322. The lowest BCUT2D eigenvalue weighted by molar-refractivity contribution is 0.0739. The maximum absolute atomic E-state index is 12.9. The second kappa shape index (κ2) is 7.67. The van der Waals surface area contributed by atoms with E-state index in [-0.39, 0.29) is 17.0 Å². The van der Waals surface area contributed by atoms with E-state index in [4.69, 9.17) is 5.73 Å². The zero-order chi connectivity index (χ0) is 20.5. The molecule has 4 rings (SSSR count). The molecule has 6 nitrogen and oxygen atoms in total. The molecule has 3 aromatic rings. The Kier molecular flexibility index (Phi) is 5.07. The number of aryl methyl sites for hydroxylation is 1. The van der Waals surface area contributed by atoms with Crippen molar-refractivity contribution in [2.75, 3.05) is 6.54 Å². The molecule has 148 valence electrons. The van der Waals surface area contributed by atoms with Gasteiger partial charge in [0, 0.05) is 24.2 Å². The van der Waals surface area contributed by atoms with E-state index in [9.17, 15) is 14.4 Å². The lowest BCUT2D eigenvalue weighted by Crippen LogP contribution is -2.40. The fourth-order valence-electron chi connectivity index (χ4n) is 3.74. The Bertz CT molecular complexity index is 1150. The van der Waals surface area contributed by atoms with Gasteiger partial charge in [0.15, 0.2) is 0 Å². The lowest BCUT2D eigenvalue weighted by atomic mass is 9.96. The fraction of sp³-hybridized carbons (Fsp3) is 0.227. The predicted molar refractivity (Wildman–Crippen MR) is 112 cm³/mol. The van der Waals surface area contributed by atoms with E-state index in [1.165, 1.54) is 15.9 Å². The van der Waals surface area contributed by atoms with Crippen molar-refractivity contribution in [3.63, 3.8) is 0 Å². The van der Waals surface area contributed by atoms with Crippen molar-refractivity contribution in [1.29, 1.82) is 0 Å². The van der Waals surface area contributed by atoms with Crippen LogP contribution >= 0.6 is 11.3 Å². The lowest BCUT2D eigenvalue weighted by Gasteiger charge is -2.30. The summed E-state index contributed by atoms with van der Waals surface area (Å²) < 4.78 is 1.51. The number of nitrogens with zero attached hydrogens (tertiary/aromatic N) is 2. The molecule has 0 aliphatic carbocycles. The van der Waals surface area contributed by atoms with Crippen LogP contribution in [0.5, 0.6) is 0 Å². The highest BCUT2D eigenvalue weighted by atomic mass is 32.1. The van der Waals surface area contributed by atoms with Gasteiger partial charge >= 0.3 is 0 Å². The minimum Gasteiger partial charge on any atom is -0.365 e. The molecule has 0 radical (unpaired) electrons. The molecular weight excluding hydrogens is 386 g/mol. The van der Waals surface area contributed by atoms with Gasteiger partial charge in [-0.15, -0.1) is 11.3 Å². The third-order valence-corrected chi connectivity index (χ3v) is 6.14. The molecule has 2 N–H and O–H groups in total. The first kappa shape index (κ1) is 19.1. The van der Waals surface area contributed by atoms with Crippen molar-refractivity contribution in [2.24, 2.45) is 5.73 Å². The molecule has 1 aromatic carbocycles. The first-order valence-corrected chi connectivity index (χ1v) is 10.2. The highest BCUT2D eigenvalue weighted by Crippen LogP contribution is 2.24. The van der Waals surface area contributed by atoms with Crippen molar-refractivity contribution in [3.05, 3.63) is 91.0 Å². The Labute approximate surface area is 172 Å². The first-order chi connectivity index (χ1) is 13.9. The summed E-state index contributed by atoms with van der Waals surface area (Å²) in [6, 6.07) is 13.3. The maximum atomic E-state index is 12.9. The monoisotopic (exact) mass is 407 g/mol. The normalized spacial score (nSPS) is 13.2. The highest BCUT2D eigenvalue weighted by molar-refractivity contribution is 7.13. The van der Waals surface area contributed by atoms with Crippen LogP contribution in [0, 0.1) is 6.92 Å². The van der Waals surface area contributed by atoms with Crippen LogP contribution in [-0.2, 0) is 19.5 Å². The molecule has 0 saturated heterocycles. The number of amides is 2. The molecule has 0 unspecified atom stereocenters. The van der Waals surface area contributed by atoms with E-state index in [0.717, 1.165) is 16.0 Å². The molecular formula is C22H21N3O3S. The van der Waals surface area contributed by atoms with E-state index in [1.54, 1.807) is 11.1 Å². The summed E-state index contributed by atoms with van der Waals surface area (Å²) >= 11 is 1.47. The molecule has 2 amide bonds. The summed E-state index contributed by atoms with van der Waals surface area (Å²) in [4.78, 5) is 41.4. The van der Waals surface area contributed by atoms with E-state index in [0.29, 0.717) is 36.5 Å². The molecule has 29 heavy (non-hydrogen) atoms. The van der Waals surface area contributed by atoms with E-state index >= 15 is 0 Å². The summed E-state index contributed by atoms with van der Waals surface area (Å²) in [6.07, 6.45) is 2.20. The number of carbonyl (C=O) groups excluding carboxylic acids is 2. The Morgan fingerprint density at radius 1 is 1.14 bits per heavy atom. The third-order valence-electron chi connectivity index (χ3n) is 5.15. The van der Waals surface area contributed by atoms with Crippen LogP contribution < -0.4 is 11.3 Å². The van der Waals surface area contributed by atoms with Gasteiger partial charge in [-0.2, -0.15) is 0 Å². The molecule has 0 atom stereocenters. The van der Waals surface area contributed by atoms with Gasteiger partial charge in [-0.05, 0) is 42.2 Å². The van der Waals surface area contributed by atoms with E-state index in [1.807, 2.05) is 49.4 Å². The number of aromatic nitrogens is 1. The van der Waals surface area contributed by atoms with Gasteiger partial charge < -0.3 is 15.2 Å². The number of fused-ring (bicyclic) bond motifs is 1. The van der Waals surface area contributed by atoms with E-state index < -0.39 is 5.91 Å². The van der Waals surface area contributed by atoms with Crippen molar-refractivity contribution in [3.8, 4) is 0 Å². The van der Waals surface area contributed by atoms with Gasteiger partial charge in [0.05, 0.1) is 11.4 Å². The number of pyridine rings is 1. The molecule has 1 aliphatic rings. The second-order valence-corrected chi connectivity index (χ2v) is 8.47. The third kappa shape index (κ3) is 3.73. The largest absolute Gasteiger partial charge is 0.365 e. The molecule has 7 heteroatoms. The predicted octanol–water partition coefficient (Wildman–Crippen LogP) is 2.56. The van der Waals surface area contributed by atoms with Crippen molar-refractivity contribution >= 4 is 23.2 Å². The Morgan fingerprint density at radius 3 is 2.55 bits per heavy atom. The van der Waals surface area contributed by atoms with Crippen LogP contribution in [0.3, 0.4) is 0 Å². The number of thiophene rings is 1. The van der Waals surface area contributed by atoms with Crippen LogP contribution in [0.25, 0.3) is 0 Å². The second-order valence-electron chi connectivity index (χ2n) is 7.18. The van der Waals surface area contributed by atoms with Gasteiger partial charge in [0.2, 0.25) is 0 Å². The van der Waals surface area contributed by atoms with Gasteiger partial charge in [-0.3, -0.25) is 14.4 Å². The Morgan fingerprint density at radius 2 is 1.90 bits per heavy atom. The summed E-state index contributed by atoms with van der Waals surface area (Å²) in [5, 5.41) is 0. The van der Waals surface area contributed by atoms with Gasteiger partial charge in [-0.25, -0.2) is 0 Å². The molecule has 2 aromatic heterocycles. The quantitative estimate of drug-likeness (QED) is 0.721. The molecule has 0 spiro atoms. The van der Waals surface area contributed by atoms with Crippen molar-refractivity contribution < 1.29 is 9.59 Å². The Balaban J connectivity index is 1.71. The molecule has 1 aliphatic heterocycles. The summed E-state index contributed by atoms with van der Waals surface area (Å²) in [5.74, 6) is -0.752. The smallest absolute Gasteiger partial charge is 0.264 e. The number of carbonyl (C=O) groups is 2. The molecule has 0 saturated carbocycles. The van der Waals surface area contributed by atoms with Crippen LogP contribution in [0.1, 0.15) is 41.6 Å². The van der Waals surface area contributed by atoms with Crippen LogP contribution in [-0.4, -0.2) is 27.8 Å². The zero-order valence-corrected chi connectivity index (χ0v) is 16.9. The SMILES string of the molecule is Cc1ccc(C(=O)N2CCc3c(cn(Cc4ccccc4)c(=O)c3C(N)=O)C2)s1. The standard InChI is InChI=1S/C22H21N3O3S/c1-14-7-8-18(29-14)21(27)24-10-9-17-16(12-24)13-25(22(28)19(17)20(23)26)11-15-5-3-2-4-6-15/h2-8,13H,9-12H2,1H3,(H2,23,26). The molecule has 0 bridgehead atoms. The first-order valence-electron chi connectivity index (χ1n) is 9.38. The summed E-state index contributed by atoms with van der Waals surface area (Å²) in [7, 11) is 0. The number of nitrogens with two attached hydrogens (primary N) is 1. The Hall–Kier alpha value is -3.19. The summed E-state index contributed by atoms with van der Waals surface area (Å²) in [6.45, 7) is 3.10. The molecule has 3 heterocycles. The number of rotatable bonds is 4. The van der Waals surface area contributed by atoms with Gasteiger partial charge in [-0.1, -0.05) is 30.3 Å². The van der Waals surface area contributed by atoms with Gasteiger partial charge in [0.25, 0.3) is 17.4 Å². The van der Waals surface area contributed by atoms with E-state index in [2.05, 4.69) is 0 Å². The number of primary amides is 1. The maximum Gasteiger partial charge on any atom is 0.264 e. The highest BCUT2D eigenvalue weighted by Gasteiger charge is 2.28. The fourth-order valence-corrected chi connectivity index (χ4v) is 4.58. The van der Waals surface area contributed by atoms with Crippen molar-refractivity contribution in [1.82, 2.24) is 9.47 Å².